The molecule has 60 heavy (non-hydrogen) atoms. The van der Waals surface area contributed by atoms with E-state index in [1.165, 1.54) is 42.5 Å². The second kappa shape index (κ2) is 26.4. The van der Waals surface area contributed by atoms with Crippen LogP contribution in [-0.4, -0.2) is 53.6 Å². The van der Waals surface area contributed by atoms with Gasteiger partial charge in [0.15, 0.2) is 18.9 Å². The summed E-state index contributed by atoms with van der Waals surface area (Å²) >= 11 is 14.8. The summed E-state index contributed by atoms with van der Waals surface area (Å²) in [6, 6.07) is 14.9. The maximum atomic E-state index is 13.3. The first-order chi connectivity index (χ1) is 26.7. The molecule has 25 heteroatoms. The number of carbonyl (C=O) groups excluding carboxylic acids is 4. The summed E-state index contributed by atoms with van der Waals surface area (Å²) in [6.07, 6.45) is -0.673. The Balaban J connectivity index is -0.000000725. The molecule has 0 atom stereocenters. The predicted octanol–water partition coefficient (Wildman–Crippen LogP) is 7.32. The third-order valence-corrected chi connectivity index (χ3v) is 11.2. The van der Waals surface area contributed by atoms with Crippen LogP contribution in [0.15, 0.2) is 90.7 Å². The summed E-state index contributed by atoms with van der Waals surface area (Å²) in [7, 11) is -5.57. The molecule has 9 nitrogen and oxygen atoms in total. The summed E-state index contributed by atoms with van der Waals surface area (Å²) < 4.78 is 115. The largest absolute Gasteiger partial charge is 1.00 e. The summed E-state index contributed by atoms with van der Waals surface area (Å²) in [5.41, 5.74) is -4.22. The number of halogens is 13. The molecule has 0 bridgehead atoms. The average Bonchev–Trinajstić information content (AvgIpc) is 3.17. The molecule has 0 aliphatic carbocycles. The van der Waals surface area contributed by atoms with Crippen molar-refractivity contribution in [2.45, 2.75) is 42.0 Å². The summed E-state index contributed by atoms with van der Waals surface area (Å²) in [6.45, 7) is -0.577. The van der Waals surface area contributed by atoms with Crippen LogP contribution in [0.1, 0.15) is 50.7 Å². The Morgan fingerprint density at radius 2 is 0.850 bits per heavy atom. The van der Waals surface area contributed by atoms with Crippen LogP contribution in [0.3, 0.4) is 0 Å². The van der Waals surface area contributed by atoms with Crippen molar-refractivity contribution in [1.29, 1.82) is 0 Å². The minimum absolute atomic E-state index is 0. The van der Waals surface area contributed by atoms with Gasteiger partial charge in [0.25, 0.3) is 0 Å². The van der Waals surface area contributed by atoms with Gasteiger partial charge in [-0.3, -0.25) is 23.7 Å². The third kappa shape index (κ3) is 17.3. The number of carbonyl (C=O) groups is 4. The van der Waals surface area contributed by atoms with Gasteiger partial charge in [-0.1, -0.05) is 128 Å². The maximum Gasteiger partial charge on any atom is 1.00 e. The van der Waals surface area contributed by atoms with Crippen LogP contribution < -0.4 is 29.6 Å². The first-order valence-corrected chi connectivity index (χ1v) is 21.0. The van der Waals surface area contributed by atoms with Crippen molar-refractivity contribution in [2.24, 2.45) is 0 Å². The van der Waals surface area contributed by atoms with Crippen LogP contribution in [-0.2, 0) is 60.9 Å². The van der Waals surface area contributed by atoms with Crippen LogP contribution in [0.4, 0.5) is 35.1 Å². The molecule has 0 fully saturated rings. The zero-order chi connectivity index (χ0) is 44.9. The van der Waals surface area contributed by atoms with Crippen LogP contribution in [0.25, 0.3) is 0 Å². The van der Waals surface area contributed by atoms with Crippen LogP contribution >= 0.6 is 87.2 Å². The van der Waals surface area contributed by atoms with Crippen LogP contribution in [0, 0.1) is 0 Å². The number of rotatable bonds is 12. The Hall–Kier alpha value is -1.47. The number of hydrogen-bond donors (Lipinski definition) is 4. The van der Waals surface area contributed by atoms with E-state index in [0.29, 0.717) is 22.7 Å². The standard InChI is InChI=1S/C9H6Br2F2O.C9H7BrF2O2.C9H5BrF2O2.C8H8BrF2O4P.B.Na.H/c10-4-6-1-2-7(8(11)3-6)9(12,13)5-14;2*10-8-3-6(4-13)1-2-7(8)9(11,12)5-14;9-7-3-5(4-12)1-2-6(7)8(10,11)16(13,14)15;;;/h1-3,5H,4H2;1-3,5,13H,4H2;1-5H;1-3,12H,4H2,(H2,13,14,15);;;/q;;;;;+1;-1. The zero-order valence-electron chi connectivity index (χ0n) is 31.1. The van der Waals surface area contributed by atoms with Crippen molar-refractivity contribution in [3.05, 3.63) is 135 Å². The van der Waals surface area contributed by atoms with Crippen molar-refractivity contribution in [3.63, 3.8) is 0 Å². The molecule has 0 spiro atoms. The van der Waals surface area contributed by atoms with Gasteiger partial charge in [0.05, 0.1) is 13.2 Å². The summed E-state index contributed by atoms with van der Waals surface area (Å²) in [4.78, 5) is 57.8. The van der Waals surface area contributed by atoms with Gasteiger partial charge in [0.1, 0.15) is 6.29 Å². The van der Waals surface area contributed by atoms with Crippen molar-refractivity contribution >= 4 is 121 Å². The fourth-order valence-corrected chi connectivity index (χ4v) is 7.69. The molecule has 4 aromatic rings. The average molecular weight is 1210 g/mol. The number of aldehydes is 4. The van der Waals surface area contributed by atoms with E-state index in [4.69, 9.17) is 20.0 Å². The van der Waals surface area contributed by atoms with Gasteiger partial charge < -0.3 is 21.4 Å². The number of alkyl halides is 9. The van der Waals surface area contributed by atoms with Crippen LogP contribution in [0.2, 0.25) is 0 Å². The van der Waals surface area contributed by atoms with Crippen molar-refractivity contribution in [1.82, 2.24) is 0 Å². The first-order valence-electron chi connectivity index (χ1n) is 15.1. The van der Waals surface area contributed by atoms with E-state index < -0.39 is 60.3 Å². The molecule has 0 saturated carbocycles. The fraction of sp³-hybridized carbons (Fsp3) is 0.200. The Morgan fingerprint density at radius 1 is 0.550 bits per heavy atom. The van der Waals surface area contributed by atoms with E-state index >= 15 is 0 Å². The van der Waals surface area contributed by atoms with Crippen molar-refractivity contribution in [3.8, 4) is 0 Å². The second-order valence-electron chi connectivity index (χ2n) is 11.1. The summed E-state index contributed by atoms with van der Waals surface area (Å²) in [5, 5.41) is 18.1. The molecule has 0 saturated heterocycles. The van der Waals surface area contributed by atoms with Crippen molar-refractivity contribution in [2.75, 3.05) is 0 Å². The van der Waals surface area contributed by atoms with Gasteiger partial charge in [-0.15, -0.1) is 0 Å². The fourth-order valence-electron chi connectivity index (χ4n) is 3.96. The number of hydrogen-bond acceptors (Lipinski definition) is 7. The second-order valence-corrected chi connectivity index (χ2v) is 16.7. The van der Waals surface area contributed by atoms with Gasteiger partial charge >= 0.3 is 60.6 Å². The zero-order valence-corrected chi connectivity index (χ0v) is 41.0. The molecule has 321 valence electrons. The monoisotopic (exact) mass is 1200 g/mol. The van der Waals surface area contributed by atoms with E-state index in [1.54, 1.807) is 12.1 Å². The Labute approximate surface area is 404 Å². The molecule has 4 N–H and O–H groups in total. The minimum atomic E-state index is -5.57. The molecule has 0 unspecified atom stereocenters. The van der Waals surface area contributed by atoms with E-state index in [2.05, 4.69) is 79.6 Å². The molecular weight excluding hydrogens is 1180 g/mol. The van der Waals surface area contributed by atoms with Gasteiger partial charge in [0.2, 0.25) is 0 Å². The quantitative estimate of drug-likeness (QED) is 0.0374. The van der Waals surface area contributed by atoms with Gasteiger partial charge in [-0.05, 0) is 41.0 Å². The molecule has 0 aliphatic heterocycles. The smallest absolute Gasteiger partial charge is 1.00 e. The maximum absolute atomic E-state index is 13.3. The van der Waals surface area contributed by atoms with Crippen molar-refractivity contribution < 1.29 is 110 Å². The third-order valence-electron chi connectivity index (χ3n) is 6.96. The molecular formula is C35H27BBr5F8NaO9P. The summed E-state index contributed by atoms with van der Waals surface area (Å²) in [5.74, 6) is -10.4. The van der Waals surface area contributed by atoms with E-state index in [1.807, 2.05) is 0 Å². The predicted molar refractivity (Wildman–Crippen MR) is 219 cm³/mol. The minimum Gasteiger partial charge on any atom is -1.00 e. The normalized spacial score (nSPS) is 11.3. The van der Waals surface area contributed by atoms with E-state index in [9.17, 15) is 58.9 Å². The van der Waals surface area contributed by atoms with Gasteiger partial charge in [0, 0.05) is 59.5 Å². The molecule has 0 aliphatic rings. The number of aliphatic hydroxyl groups excluding tert-OH is 2. The van der Waals surface area contributed by atoms with Gasteiger partial charge in [-0.2, -0.15) is 35.1 Å². The van der Waals surface area contributed by atoms with Gasteiger partial charge in [-0.25, -0.2) is 0 Å². The van der Waals surface area contributed by atoms with E-state index in [0.717, 1.165) is 23.8 Å². The van der Waals surface area contributed by atoms with E-state index in [-0.39, 0.29) is 87.9 Å². The molecule has 4 aromatic carbocycles. The number of benzene rings is 4. The Morgan fingerprint density at radius 3 is 1.12 bits per heavy atom. The van der Waals surface area contributed by atoms with Crippen LogP contribution in [0.5, 0.6) is 0 Å². The SMILES string of the molecule is O=CC(F)(F)c1ccc(CBr)cc1Br.O=CC(F)(F)c1ccc(CO)cc1Br.O=Cc1ccc(C(F)(F)C=O)c(Br)c1.O=P(O)(O)C(F)(F)c1ccc(CO)cc1Br.[B].[H-].[Na+]. The molecule has 0 amide bonds. The molecule has 3 radical (unpaired) electrons. The number of aliphatic hydroxyl groups is 2. The Bertz CT molecular complexity index is 2080. The topological polar surface area (TPSA) is 166 Å². The molecule has 4 rings (SSSR count). The molecule has 0 heterocycles. The Kier molecular flexibility index (Phi) is 26.6. The molecule has 0 aromatic heterocycles. The first kappa shape index (κ1) is 60.6.